The number of ether oxygens (including phenoxy) is 1. The summed E-state index contributed by atoms with van der Waals surface area (Å²) in [4.78, 5) is 26.3. The fraction of sp³-hybridized carbons (Fsp3) is 0.423. The molecular weight excluding hydrogens is 475 g/mol. The standard InChI is InChI=1S/C24H27N3O2.C2HF3O2/c1-29-22-7-3-5-20(15-22)17-26-11-8-24(9-12-26)10-13-27(18-24)23(28)21-6-2-4-19(14-21)16-25;3-2(4,5)1(6)7/h2-7,14-15H,8-13,17-18H2,1H3;(H,6,7). The van der Waals surface area contributed by atoms with Crippen molar-refractivity contribution in [2.24, 2.45) is 5.41 Å². The van der Waals surface area contributed by atoms with Gasteiger partial charge in [0.25, 0.3) is 5.91 Å². The van der Waals surface area contributed by atoms with E-state index in [-0.39, 0.29) is 11.3 Å². The summed E-state index contributed by atoms with van der Waals surface area (Å²) in [6.45, 7) is 4.70. The molecule has 0 atom stereocenters. The largest absolute Gasteiger partial charge is 0.497 e. The average molecular weight is 504 g/mol. The summed E-state index contributed by atoms with van der Waals surface area (Å²) in [5.74, 6) is -1.80. The molecule has 2 aliphatic heterocycles. The van der Waals surface area contributed by atoms with Crippen LogP contribution in [0.1, 0.15) is 40.7 Å². The van der Waals surface area contributed by atoms with Crippen molar-refractivity contribution in [1.29, 1.82) is 5.26 Å². The number of benzene rings is 2. The van der Waals surface area contributed by atoms with Gasteiger partial charge in [0.15, 0.2) is 0 Å². The lowest BCUT2D eigenvalue weighted by molar-refractivity contribution is -0.192. The average Bonchev–Trinajstić information content (AvgIpc) is 3.28. The van der Waals surface area contributed by atoms with Gasteiger partial charge in [-0.1, -0.05) is 18.2 Å². The van der Waals surface area contributed by atoms with Crippen LogP contribution in [0.3, 0.4) is 0 Å². The van der Waals surface area contributed by atoms with Crippen LogP contribution in [0.15, 0.2) is 48.5 Å². The SMILES string of the molecule is COc1cccc(CN2CCC3(CC2)CCN(C(=O)c2cccc(C#N)c2)C3)c1.O=C(O)C(F)(F)F. The van der Waals surface area contributed by atoms with Crippen LogP contribution in [-0.4, -0.2) is 66.2 Å². The first kappa shape index (κ1) is 27.0. The Balaban J connectivity index is 0.000000454. The van der Waals surface area contributed by atoms with E-state index >= 15 is 0 Å². The third-order valence-electron chi connectivity index (χ3n) is 6.66. The van der Waals surface area contributed by atoms with E-state index in [1.165, 1.54) is 5.56 Å². The van der Waals surface area contributed by atoms with Gasteiger partial charge in [-0.05, 0) is 73.7 Å². The Labute approximate surface area is 207 Å². The van der Waals surface area contributed by atoms with Crippen LogP contribution in [0.5, 0.6) is 5.75 Å². The van der Waals surface area contributed by atoms with E-state index < -0.39 is 12.1 Å². The Bertz CT molecular complexity index is 1120. The summed E-state index contributed by atoms with van der Waals surface area (Å²) in [5, 5.41) is 16.2. The highest BCUT2D eigenvalue weighted by atomic mass is 19.4. The summed E-state index contributed by atoms with van der Waals surface area (Å²) in [5.41, 5.74) is 2.68. The van der Waals surface area contributed by atoms with E-state index in [2.05, 4.69) is 23.1 Å². The number of carbonyl (C=O) groups is 2. The molecule has 2 aromatic carbocycles. The summed E-state index contributed by atoms with van der Waals surface area (Å²) < 4.78 is 37.1. The Kier molecular flexibility index (Phi) is 8.58. The molecule has 2 saturated heterocycles. The van der Waals surface area contributed by atoms with Crippen LogP contribution in [0.2, 0.25) is 0 Å². The zero-order valence-electron chi connectivity index (χ0n) is 19.9. The number of hydrogen-bond acceptors (Lipinski definition) is 5. The van der Waals surface area contributed by atoms with Crippen LogP contribution < -0.4 is 4.74 Å². The molecule has 0 bridgehead atoms. The molecule has 2 aromatic rings. The molecule has 2 fully saturated rings. The molecule has 7 nitrogen and oxygen atoms in total. The molecule has 0 saturated carbocycles. The second kappa shape index (κ2) is 11.4. The van der Waals surface area contributed by atoms with Gasteiger partial charge in [0, 0.05) is 25.2 Å². The number of amides is 1. The Morgan fingerprint density at radius 2 is 1.72 bits per heavy atom. The number of carboxylic acids is 1. The molecule has 0 radical (unpaired) electrons. The fourth-order valence-corrected chi connectivity index (χ4v) is 4.64. The normalized spacial score (nSPS) is 17.1. The minimum absolute atomic E-state index is 0.0535. The van der Waals surface area contributed by atoms with E-state index in [0.29, 0.717) is 11.1 Å². The summed E-state index contributed by atoms with van der Waals surface area (Å²) in [6.07, 6.45) is -1.76. The second-order valence-corrected chi connectivity index (χ2v) is 9.10. The molecule has 0 unspecified atom stereocenters. The van der Waals surface area contributed by atoms with E-state index in [9.17, 15) is 18.0 Å². The minimum Gasteiger partial charge on any atom is -0.497 e. The Hall–Kier alpha value is -3.58. The number of aliphatic carboxylic acids is 1. The van der Waals surface area contributed by atoms with Crippen molar-refractivity contribution in [2.45, 2.75) is 32.0 Å². The number of halogens is 3. The molecule has 36 heavy (non-hydrogen) atoms. The number of carboxylic acid groups (broad SMARTS) is 1. The third-order valence-corrected chi connectivity index (χ3v) is 6.66. The van der Waals surface area contributed by atoms with Gasteiger partial charge in [0.05, 0.1) is 18.7 Å². The first-order chi connectivity index (χ1) is 17.0. The van der Waals surface area contributed by atoms with Gasteiger partial charge in [-0.2, -0.15) is 18.4 Å². The number of nitrogens with zero attached hydrogens (tertiary/aromatic N) is 3. The van der Waals surface area contributed by atoms with Crippen LogP contribution in [0.25, 0.3) is 0 Å². The molecule has 4 rings (SSSR count). The summed E-state index contributed by atoms with van der Waals surface area (Å²) >= 11 is 0. The van der Waals surface area contributed by atoms with Gasteiger partial charge < -0.3 is 14.7 Å². The lowest BCUT2D eigenvalue weighted by Crippen LogP contribution is -2.42. The molecule has 2 heterocycles. The molecule has 10 heteroatoms. The highest BCUT2D eigenvalue weighted by molar-refractivity contribution is 5.94. The highest BCUT2D eigenvalue weighted by Gasteiger charge is 2.42. The van der Waals surface area contributed by atoms with Gasteiger partial charge in [-0.3, -0.25) is 9.69 Å². The highest BCUT2D eigenvalue weighted by Crippen LogP contribution is 2.41. The monoisotopic (exact) mass is 503 g/mol. The summed E-state index contributed by atoms with van der Waals surface area (Å²) in [7, 11) is 1.70. The van der Waals surface area contributed by atoms with Crippen LogP contribution in [-0.2, 0) is 11.3 Å². The van der Waals surface area contributed by atoms with Crippen molar-refractivity contribution in [3.05, 3.63) is 65.2 Å². The zero-order chi connectivity index (χ0) is 26.3. The molecule has 0 aromatic heterocycles. The second-order valence-electron chi connectivity index (χ2n) is 9.10. The first-order valence-corrected chi connectivity index (χ1v) is 11.5. The Morgan fingerprint density at radius 3 is 2.33 bits per heavy atom. The van der Waals surface area contributed by atoms with Gasteiger partial charge in [-0.25, -0.2) is 4.79 Å². The van der Waals surface area contributed by atoms with Gasteiger partial charge in [-0.15, -0.1) is 0 Å². The van der Waals surface area contributed by atoms with E-state index in [1.807, 2.05) is 23.1 Å². The zero-order valence-corrected chi connectivity index (χ0v) is 19.9. The van der Waals surface area contributed by atoms with Crippen LogP contribution >= 0.6 is 0 Å². The van der Waals surface area contributed by atoms with Gasteiger partial charge in [0.2, 0.25) is 0 Å². The van der Waals surface area contributed by atoms with E-state index in [4.69, 9.17) is 19.9 Å². The number of hydrogen-bond donors (Lipinski definition) is 1. The number of carbonyl (C=O) groups excluding carboxylic acids is 1. The van der Waals surface area contributed by atoms with E-state index in [0.717, 1.165) is 57.7 Å². The minimum atomic E-state index is -5.08. The third kappa shape index (κ3) is 6.98. The number of rotatable bonds is 4. The number of nitriles is 1. The number of likely N-dealkylation sites (tertiary alicyclic amines) is 2. The van der Waals surface area contributed by atoms with E-state index in [1.54, 1.807) is 25.3 Å². The van der Waals surface area contributed by atoms with Crippen LogP contribution in [0, 0.1) is 16.7 Å². The van der Waals surface area contributed by atoms with Gasteiger partial charge in [0.1, 0.15) is 5.75 Å². The van der Waals surface area contributed by atoms with Crippen molar-refractivity contribution >= 4 is 11.9 Å². The van der Waals surface area contributed by atoms with Gasteiger partial charge >= 0.3 is 12.1 Å². The topological polar surface area (TPSA) is 93.9 Å². The number of piperidine rings is 1. The molecule has 1 amide bonds. The quantitative estimate of drug-likeness (QED) is 0.668. The van der Waals surface area contributed by atoms with Crippen molar-refractivity contribution in [1.82, 2.24) is 9.80 Å². The number of alkyl halides is 3. The molecule has 1 N–H and O–H groups in total. The summed E-state index contributed by atoms with van der Waals surface area (Å²) in [6, 6.07) is 17.4. The predicted octanol–water partition coefficient (Wildman–Crippen LogP) is 4.33. The molecule has 192 valence electrons. The molecular formula is C26H28F3N3O4. The molecule has 1 spiro atoms. The van der Waals surface area contributed by atoms with Crippen molar-refractivity contribution in [2.75, 3.05) is 33.3 Å². The van der Waals surface area contributed by atoms with Crippen molar-refractivity contribution in [3.8, 4) is 11.8 Å². The molecule has 0 aliphatic carbocycles. The predicted molar refractivity (Wildman–Crippen MR) is 125 cm³/mol. The van der Waals surface area contributed by atoms with Crippen molar-refractivity contribution in [3.63, 3.8) is 0 Å². The van der Waals surface area contributed by atoms with Crippen molar-refractivity contribution < 1.29 is 32.6 Å². The maximum atomic E-state index is 12.9. The van der Waals surface area contributed by atoms with Crippen LogP contribution in [0.4, 0.5) is 13.2 Å². The molecule has 2 aliphatic rings. The maximum Gasteiger partial charge on any atom is 0.490 e. The smallest absolute Gasteiger partial charge is 0.490 e. The first-order valence-electron chi connectivity index (χ1n) is 11.5. The Morgan fingerprint density at radius 1 is 1.08 bits per heavy atom. The lowest BCUT2D eigenvalue weighted by atomic mass is 9.77. The fourth-order valence-electron chi connectivity index (χ4n) is 4.64. The lowest BCUT2D eigenvalue weighted by Gasteiger charge is -2.39. The maximum absolute atomic E-state index is 12.9. The number of methoxy groups -OCH3 is 1.